The van der Waals surface area contributed by atoms with Crippen molar-refractivity contribution < 1.29 is 38.1 Å². The Morgan fingerprint density at radius 1 is 0.884 bits per heavy atom. The van der Waals surface area contributed by atoms with Gasteiger partial charge in [0, 0.05) is 23.2 Å². The predicted octanol–water partition coefficient (Wildman–Crippen LogP) is 5.60. The molecule has 0 radical (unpaired) electrons. The van der Waals surface area contributed by atoms with E-state index in [2.05, 4.69) is 10.6 Å². The third kappa shape index (κ3) is 11.1. The number of amides is 2. The number of carbonyl (C=O) groups is 4. The topological polar surface area (TPSA) is 129 Å². The van der Waals surface area contributed by atoms with Gasteiger partial charge in [-0.2, -0.15) is 0 Å². The van der Waals surface area contributed by atoms with Crippen LogP contribution >= 0.6 is 11.6 Å². The van der Waals surface area contributed by atoms with Crippen LogP contribution in [-0.2, 0) is 30.2 Å². The van der Waals surface area contributed by atoms with Crippen molar-refractivity contribution in [2.45, 2.75) is 84.0 Å². The van der Waals surface area contributed by atoms with Crippen molar-refractivity contribution in [2.24, 2.45) is 5.92 Å². The summed E-state index contributed by atoms with van der Waals surface area (Å²) in [6, 6.07) is 13.4. The molecule has 1 fully saturated rings. The fourth-order valence-electron chi connectivity index (χ4n) is 4.55. The molecule has 1 aliphatic rings. The van der Waals surface area contributed by atoms with E-state index in [1.807, 2.05) is 12.1 Å². The maximum atomic E-state index is 12.8. The Bertz CT molecular complexity index is 1260. The molecule has 11 heteroatoms. The minimum atomic E-state index is -1.36. The molecule has 10 nitrogen and oxygen atoms in total. The number of hydrogen-bond donors (Lipinski definition) is 2. The molecule has 0 heterocycles. The molecule has 0 bridgehead atoms. The number of halogens is 1. The van der Waals surface area contributed by atoms with Crippen molar-refractivity contribution in [3.05, 3.63) is 64.7 Å². The second-order valence-corrected chi connectivity index (χ2v) is 12.4. The number of alkyl carbamates (subject to hydrolysis) is 1. The molecule has 0 saturated heterocycles. The number of benzene rings is 2. The van der Waals surface area contributed by atoms with Gasteiger partial charge in [-0.25, -0.2) is 9.59 Å². The van der Waals surface area contributed by atoms with Gasteiger partial charge in [-0.3, -0.25) is 9.59 Å². The van der Waals surface area contributed by atoms with E-state index in [4.69, 9.17) is 30.5 Å². The minimum Gasteiger partial charge on any atom is -0.476 e. The molecule has 2 amide bonds. The van der Waals surface area contributed by atoms with Crippen LogP contribution < -0.4 is 15.4 Å². The van der Waals surface area contributed by atoms with E-state index < -0.39 is 48.0 Å². The maximum Gasteiger partial charge on any atom is 0.407 e. The van der Waals surface area contributed by atoms with Gasteiger partial charge in [0.1, 0.15) is 11.4 Å². The highest BCUT2D eigenvalue weighted by atomic mass is 35.5. The molecule has 0 aromatic heterocycles. The second-order valence-electron chi connectivity index (χ2n) is 11.9. The van der Waals surface area contributed by atoms with Gasteiger partial charge in [-0.15, -0.1) is 0 Å². The summed E-state index contributed by atoms with van der Waals surface area (Å²) in [5.74, 6) is -1.55. The lowest BCUT2D eigenvalue weighted by molar-refractivity contribution is -0.180. The van der Waals surface area contributed by atoms with Crippen LogP contribution in [0.25, 0.3) is 0 Å². The van der Waals surface area contributed by atoms with Gasteiger partial charge < -0.3 is 29.6 Å². The number of esters is 2. The third-order valence-corrected chi connectivity index (χ3v) is 7.01. The van der Waals surface area contributed by atoms with Crippen molar-refractivity contribution in [1.82, 2.24) is 10.6 Å². The SMILES string of the molecule is CC(C)(C)OC(=O)N[C@@H]1CCCCC1C(=O)OCOC(=O)C(C)(C)Oc1ccc(CCNC(=O)c2ccc(Cl)cc2)cc1. The molecule has 1 unspecified atom stereocenters. The first-order valence-corrected chi connectivity index (χ1v) is 14.8. The summed E-state index contributed by atoms with van der Waals surface area (Å²) in [5.41, 5.74) is -0.507. The van der Waals surface area contributed by atoms with Gasteiger partial charge in [0.2, 0.25) is 6.79 Å². The summed E-state index contributed by atoms with van der Waals surface area (Å²) >= 11 is 5.86. The van der Waals surface area contributed by atoms with Crippen LogP contribution in [0.15, 0.2) is 48.5 Å². The van der Waals surface area contributed by atoms with Crippen LogP contribution in [0.5, 0.6) is 5.75 Å². The highest BCUT2D eigenvalue weighted by Crippen LogP contribution is 2.26. The quantitative estimate of drug-likeness (QED) is 0.247. The van der Waals surface area contributed by atoms with Crippen molar-refractivity contribution in [1.29, 1.82) is 0 Å². The molecule has 2 aromatic carbocycles. The van der Waals surface area contributed by atoms with Crippen LogP contribution in [0.2, 0.25) is 5.02 Å². The van der Waals surface area contributed by atoms with Crippen LogP contribution in [0, 0.1) is 5.92 Å². The highest BCUT2D eigenvalue weighted by molar-refractivity contribution is 6.30. The Labute approximate surface area is 257 Å². The lowest BCUT2D eigenvalue weighted by atomic mass is 9.84. The summed E-state index contributed by atoms with van der Waals surface area (Å²) < 4.78 is 21.6. The zero-order valence-corrected chi connectivity index (χ0v) is 26.1. The molecular weight excluding hydrogens is 576 g/mol. The number of ether oxygens (including phenoxy) is 4. The fourth-order valence-corrected chi connectivity index (χ4v) is 4.68. The van der Waals surface area contributed by atoms with Crippen molar-refractivity contribution in [3.63, 3.8) is 0 Å². The zero-order chi connectivity index (χ0) is 31.6. The van der Waals surface area contributed by atoms with E-state index in [9.17, 15) is 19.2 Å². The fraction of sp³-hybridized carbons (Fsp3) is 0.500. The van der Waals surface area contributed by atoms with E-state index in [1.54, 1.807) is 71.0 Å². The molecule has 0 spiro atoms. The van der Waals surface area contributed by atoms with Crippen LogP contribution in [0.4, 0.5) is 4.79 Å². The Hall–Kier alpha value is -3.79. The largest absolute Gasteiger partial charge is 0.476 e. The van der Waals surface area contributed by atoms with Crippen molar-refractivity contribution in [3.8, 4) is 5.75 Å². The Morgan fingerprint density at radius 3 is 2.19 bits per heavy atom. The molecule has 0 aliphatic heterocycles. The second kappa shape index (κ2) is 15.1. The normalized spacial score (nSPS) is 16.9. The first-order valence-electron chi connectivity index (χ1n) is 14.4. The monoisotopic (exact) mass is 616 g/mol. The van der Waals surface area contributed by atoms with E-state index in [0.717, 1.165) is 18.4 Å². The minimum absolute atomic E-state index is 0.182. The van der Waals surface area contributed by atoms with Crippen molar-refractivity contribution in [2.75, 3.05) is 13.3 Å². The number of carbonyl (C=O) groups excluding carboxylic acids is 4. The Morgan fingerprint density at radius 2 is 1.53 bits per heavy atom. The molecule has 2 atom stereocenters. The van der Waals surface area contributed by atoms with E-state index in [-0.39, 0.29) is 5.91 Å². The van der Waals surface area contributed by atoms with Crippen LogP contribution in [0.1, 0.15) is 76.2 Å². The number of rotatable bonds is 11. The zero-order valence-electron chi connectivity index (χ0n) is 25.4. The lowest BCUT2D eigenvalue weighted by Gasteiger charge is -2.31. The molecule has 1 aliphatic carbocycles. The van der Waals surface area contributed by atoms with E-state index >= 15 is 0 Å². The molecular formula is C32H41ClN2O8. The lowest BCUT2D eigenvalue weighted by Crippen LogP contribution is -2.47. The first kappa shape index (κ1) is 33.7. The van der Waals surface area contributed by atoms with Crippen molar-refractivity contribution >= 4 is 35.5 Å². The highest BCUT2D eigenvalue weighted by Gasteiger charge is 2.36. The smallest absolute Gasteiger partial charge is 0.407 e. The molecule has 1 saturated carbocycles. The average molecular weight is 617 g/mol. The Balaban J connectivity index is 1.42. The molecule has 43 heavy (non-hydrogen) atoms. The van der Waals surface area contributed by atoms with Gasteiger partial charge in [-0.1, -0.05) is 36.6 Å². The van der Waals surface area contributed by atoms with Crippen LogP contribution in [-0.4, -0.2) is 54.5 Å². The average Bonchev–Trinajstić information content (AvgIpc) is 2.93. The summed E-state index contributed by atoms with van der Waals surface area (Å²) in [5, 5.41) is 6.21. The number of hydrogen-bond acceptors (Lipinski definition) is 8. The van der Waals surface area contributed by atoms with Gasteiger partial charge in [-0.05, 0) is 95.8 Å². The van der Waals surface area contributed by atoms with E-state index in [1.165, 1.54) is 0 Å². The summed E-state index contributed by atoms with van der Waals surface area (Å²) in [4.78, 5) is 49.9. The van der Waals surface area contributed by atoms with E-state index in [0.29, 0.717) is 42.1 Å². The maximum absolute atomic E-state index is 12.8. The van der Waals surface area contributed by atoms with Crippen LogP contribution in [0.3, 0.4) is 0 Å². The van der Waals surface area contributed by atoms with Gasteiger partial charge in [0.05, 0.1) is 5.92 Å². The first-order chi connectivity index (χ1) is 20.2. The molecule has 234 valence electrons. The third-order valence-electron chi connectivity index (χ3n) is 6.76. The summed E-state index contributed by atoms with van der Waals surface area (Å²) in [6.07, 6.45) is 2.88. The summed E-state index contributed by atoms with van der Waals surface area (Å²) in [6.45, 7) is 8.28. The predicted molar refractivity (Wildman–Crippen MR) is 161 cm³/mol. The molecule has 3 rings (SSSR count). The summed E-state index contributed by atoms with van der Waals surface area (Å²) in [7, 11) is 0. The number of nitrogens with one attached hydrogen (secondary N) is 2. The molecule has 2 aromatic rings. The molecule has 2 N–H and O–H groups in total. The van der Waals surface area contributed by atoms with Gasteiger partial charge in [0.15, 0.2) is 5.60 Å². The van der Waals surface area contributed by atoms with Gasteiger partial charge >= 0.3 is 18.0 Å². The Kier molecular flexibility index (Phi) is 11.8. The standard InChI is InChI=1S/C32H41ClN2O8/c1-31(2,3)43-30(39)35-26-9-7-6-8-25(26)28(37)40-20-41-29(38)32(4,5)42-24-16-10-21(11-17-24)18-19-34-27(36)22-12-14-23(33)15-13-22/h10-17,25-26H,6-9,18-20H2,1-5H3,(H,34,36)(H,35,39)/t25?,26-/m1/s1. The van der Waals surface area contributed by atoms with Gasteiger partial charge in [0.25, 0.3) is 5.91 Å².